The van der Waals surface area contributed by atoms with Gasteiger partial charge in [0.05, 0.1) is 12.2 Å². The third-order valence-electron chi connectivity index (χ3n) is 4.98. The molecule has 0 aliphatic carbocycles. The van der Waals surface area contributed by atoms with E-state index in [1.165, 1.54) is 6.33 Å². The molecule has 0 unspecified atom stereocenters. The van der Waals surface area contributed by atoms with E-state index in [1.54, 1.807) is 30.3 Å². The number of nitrogens with one attached hydrogen (secondary N) is 3. The first-order chi connectivity index (χ1) is 18.2. The molecule has 0 atom stereocenters. The summed E-state index contributed by atoms with van der Waals surface area (Å²) in [5.41, 5.74) is -0.515. The molecule has 1 amide bonds. The molecule has 2 aromatic heterocycles. The van der Waals surface area contributed by atoms with Crippen LogP contribution in [0.25, 0.3) is 11.4 Å². The molecule has 4 aromatic rings. The lowest BCUT2D eigenvalue weighted by Crippen LogP contribution is -2.11. The van der Waals surface area contributed by atoms with Crippen molar-refractivity contribution < 1.29 is 32.5 Å². The second kappa shape index (κ2) is 11.9. The molecule has 0 bridgehead atoms. The molecular weight excluding hydrogens is 530 g/mol. The number of aromatic nitrogens is 4. The van der Waals surface area contributed by atoms with Gasteiger partial charge in [0, 0.05) is 41.0 Å². The molecule has 0 aliphatic rings. The van der Waals surface area contributed by atoms with Crippen LogP contribution < -0.4 is 16.0 Å². The second-order valence-electron chi connectivity index (χ2n) is 7.67. The molecule has 15 heteroatoms. The maximum atomic E-state index is 13.5. The number of hydrogen-bond donors (Lipinski definition) is 4. The zero-order valence-corrected chi connectivity index (χ0v) is 20.1. The fourth-order valence-corrected chi connectivity index (χ4v) is 3.76. The minimum atomic E-state index is -4.86. The van der Waals surface area contributed by atoms with Crippen molar-refractivity contribution in [1.82, 2.24) is 19.3 Å². The van der Waals surface area contributed by atoms with E-state index in [0.717, 1.165) is 17.6 Å². The van der Waals surface area contributed by atoms with E-state index in [9.17, 15) is 22.4 Å². The van der Waals surface area contributed by atoms with Gasteiger partial charge < -0.3 is 10.6 Å². The van der Waals surface area contributed by atoms with Gasteiger partial charge in [0.15, 0.2) is 5.82 Å². The molecule has 0 radical (unpaired) electrons. The molecule has 2 heterocycles. The number of benzene rings is 2. The number of rotatable bonds is 10. The quantitative estimate of drug-likeness (QED) is 0.0883. The van der Waals surface area contributed by atoms with Gasteiger partial charge in [-0.15, -0.1) is 0 Å². The number of carbonyl (C=O) groups is 1. The van der Waals surface area contributed by atoms with Gasteiger partial charge >= 0.3 is 6.18 Å². The Bertz CT molecular complexity index is 1400. The van der Waals surface area contributed by atoms with Crippen molar-refractivity contribution in [3.05, 3.63) is 71.8 Å². The van der Waals surface area contributed by atoms with E-state index in [1.807, 2.05) is 0 Å². The summed E-state index contributed by atoms with van der Waals surface area (Å²) in [7, 11) is 0. The van der Waals surface area contributed by atoms with Crippen LogP contribution in [-0.2, 0) is 11.1 Å². The summed E-state index contributed by atoms with van der Waals surface area (Å²) in [5, 5.41) is 17.1. The largest absolute Gasteiger partial charge is 0.419 e. The maximum Gasteiger partial charge on any atom is 0.419 e. The van der Waals surface area contributed by atoms with Crippen LogP contribution in [0.2, 0.25) is 0 Å². The average Bonchev–Trinajstić information content (AvgIpc) is 3.35. The third-order valence-corrected chi connectivity index (χ3v) is 5.61. The van der Waals surface area contributed by atoms with Gasteiger partial charge in [0.25, 0.3) is 5.91 Å². The lowest BCUT2D eigenvalue weighted by Gasteiger charge is -2.09. The second-order valence-corrected chi connectivity index (χ2v) is 8.43. The summed E-state index contributed by atoms with van der Waals surface area (Å²) >= 11 is 0.780. The Kier molecular flexibility index (Phi) is 8.40. The predicted molar refractivity (Wildman–Crippen MR) is 132 cm³/mol. The molecule has 0 saturated heterocycles. The van der Waals surface area contributed by atoms with Crippen LogP contribution in [0, 0.1) is 5.82 Å². The van der Waals surface area contributed by atoms with Gasteiger partial charge in [0.2, 0.25) is 5.13 Å². The van der Waals surface area contributed by atoms with Crippen molar-refractivity contribution in [3.63, 3.8) is 0 Å². The number of hydrogen-bond acceptors (Lipinski definition) is 10. The predicted octanol–water partition coefficient (Wildman–Crippen LogP) is 5.44. The SMILES string of the molecule is O=C(Nc1nc(-c2ccc(F)c(C(F)(F)F)c2)ns1)c1ccc(Nc2cc(NCCCOO)ncn2)cc1. The molecule has 2 aromatic carbocycles. The van der Waals surface area contributed by atoms with Crippen LogP contribution in [0.3, 0.4) is 0 Å². The summed E-state index contributed by atoms with van der Waals surface area (Å²) < 4.78 is 56.5. The average molecular weight is 550 g/mol. The van der Waals surface area contributed by atoms with Gasteiger partial charge in [0.1, 0.15) is 23.8 Å². The molecule has 4 N–H and O–H groups in total. The smallest absolute Gasteiger partial charge is 0.370 e. The van der Waals surface area contributed by atoms with Crippen LogP contribution in [0.1, 0.15) is 22.3 Å². The van der Waals surface area contributed by atoms with Gasteiger partial charge in [-0.3, -0.25) is 15.4 Å². The van der Waals surface area contributed by atoms with Crippen molar-refractivity contribution in [2.24, 2.45) is 0 Å². The van der Waals surface area contributed by atoms with Gasteiger partial charge in [-0.2, -0.15) is 22.5 Å². The highest BCUT2D eigenvalue weighted by Gasteiger charge is 2.34. The summed E-state index contributed by atoms with van der Waals surface area (Å²) in [4.78, 5) is 28.9. The fourth-order valence-electron chi connectivity index (χ4n) is 3.17. The normalized spacial score (nSPS) is 11.3. The maximum absolute atomic E-state index is 13.5. The van der Waals surface area contributed by atoms with Crippen molar-refractivity contribution in [2.45, 2.75) is 12.6 Å². The number of amides is 1. The summed E-state index contributed by atoms with van der Waals surface area (Å²) in [6.45, 7) is 0.732. The van der Waals surface area contributed by atoms with Crippen LogP contribution in [0.5, 0.6) is 0 Å². The highest BCUT2D eigenvalue weighted by Crippen LogP contribution is 2.34. The summed E-state index contributed by atoms with van der Waals surface area (Å²) in [5.74, 6) is -0.896. The Morgan fingerprint density at radius 2 is 1.82 bits per heavy atom. The highest BCUT2D eigenvalue weighted by atomic mass is 32.1. The lowest BCUT2D eigenvalue weighted by atomic mass is 10.1. The summed E-state index contributed by atoms with van der Waals surface area (Å²) in [6, 6.07) is 10.6. The Labute approximate surface area is 216 Å². The van der Waals surface area contributed by atoms with Crippen molar-refractivity contribution >= 4 is 39.9 Å². The topological polar surface area (TPSA) is 134 Å². The molecule has 4 rings (SSSR count). The zero-order chi connectivity index (χ0) is 27.1. The first-order valence-electron chi connectivity index (χ1n) is 10.9. The molecule has 0 aliphatic heterocycles. The van der Waals surface area contributed by atoms with E-state index >= 15 is 0 Å². The Hall–Kier alpha value is -4.21. The van der Waals surface area contributed by atoms with E-state index in [-0.39, 0.29) is 23.1 Å². The first-order valence-corrected chi connectivity index (χ1v) is 11.7. The first kappa shape index (κ1) is 26.8. The van der Waals surface area contributed by atoms with Crippen molar-refractivity contribution in [3.8, 4) is 11.4 Å². The lowest BCUT2D eigenvalue weighted by molar-refractivity contribution is -0.242. The monoisotopic (exact) mass is 549 g/mol. The Morgan fingerprint density at radius 3 is 2.55 bits per heavy atom. The van der Waals surface area contributed by atoms with E-state index in [4.69, 9.17) is 5.26 Å². The number of nitrogens with zero attached hydrogens (tertiary/aromatic N) is 4. The summed E-state index contributed by atoms with van der Waals surface area (Å²) in [6.07, 6.45) is -2.91. The minimum Gasteiger partial charge on any atom is -0.370 e. The van der Waals surface area contributed by atoms with Gasteiger partial charge in [-0.25, -0.2) is 19.2 Å². The van der Waals surface area contributed by atoms with E-state index < -0.39 is 23.5 Å². The molecular formula is C23H19F4N7O3S. The molecule has 0 saturated carbocycles. The van der Waals surface area contributed by atoms with Gasteiger partial charge in [-0.1, -0.05) is 0 Å². The minimum absolute atomic E-state index is 0.0341. The Balaban J connectivity index is 1.37. The number of halogens is 4. The number of anilines is 4. The van der Waals surface area contributed by atoms with Crippen molar-refractivity contribution in [2.75, 3.05) is 29.1 Å². The zero-order valence-electron chi connectivity index (χ0n) is 19.3. The standard InChI is InChI=1S/C23H19F4N7O3S/c24-17-7-4-14(10-16(17)23(25,26)27)20-32-22(38-34-20)33-21(35)13-2-5-15(6-3-13)31-19-11-18(29-12-30-19)28-8-1-9-37-36/h2-7,10-12,36H,1,8-9H2,(H2,28,29,30,31)(H,32,33,34,35). The molecule has 0 spiro atoms. The molecule has 38 heavy (non-hydrogen) atoms. The fraction of sp³-hybridized carbons (Fsp3) is 0.174. The van der Waals surface area contributed by atoms with E-state index in [2.05, 4.69) is 40.2 Å². The van der Waals surface area contributed by atoms with Crippen LogP contribution in [-0.4, -0.2) is 43.6 Å². The van der Waals surface area contributed by atoms with Crippen LogP contribution >= 0.6 is 11.5 Å². The highest BCUT2D eigenvalue weighted by molar-refractivity contribution is 7.10. The van der Waals surface area contributed by atoms with Crippen molar-refractivity contribution in [1.29, 1.82) is 0 Å². The van der Waals surface area contributed by atoms with Gasteiger partial charge in [-0.05, 0) is 48.9 Å². The molecule has 0 fully saturated rings. The van der Waals surface area contributed by atoms with E-state index in [0.29, 0.717) is 48.0 Å². The number of carbonyl (C=O) groups excluding carboxylic acids is 1. The number of alkyl halides is 3. The molecule has 198 valence electrons. The van der Waals surface area contributed by atoms with Crippen LogP contribution in [0.15, 0.2) is 54.9 Å². The third kappa shape index (κ3) is 6.96. The molecule has 10 nitrogen and oxygen atoms in total. The Morgan fingerprint density at radius 1 is 1.05 bits per heavy atom. The van der Waals surface area contributed by atoms with Crippen LogP contribution in [0.4, 0.5) is 40.0 Å².